The summed E-state index contributed by atoms with van der Waals surface area (Å²) >= 11 is 0. The largest absolute Gasteiger partial charge is 0.497 e. The van der Waals surface area contributed by atoms with Gasteiger partial charge < -0.3 is 9.47 Å². The summed E-state index contributed by atoms with van der Waals surface area (Å²) in [5, 5.41) is 7.00. The molecule has 4 aromatic carbocycles. The van der Waals surface area contributed by atoms with Crippen molar-refractivity contribution >= 4 is 21.8 Å². The monoisotopic (exact) mass is 564 g/mol. The standard InChI is InChI=1S/C37H32N4O2/c1-24(2)31-13-7-9-25(3)37(31)26-22-39-40(23-26)27-10-8-11-29(19-27)43-30-15-16-33-32-12-5-6-14-34(32)41(35(33)20-30)36-21-28(42-4)17-18-38-36/h5-24H,1-4H3. The molecule has 0 atom stereocenters. The van der Waals surface area contributed by atoms with Gasteiger partial charge in [0.05, 0.1) is 30.0 Å². The van der Waals surface area contributed by atoms with E-state index in [0.29, 0.717) is 5.92 Å². The van der Waals surface area contributed by atoms with Gasteiger partial charge in [0.25, 0.3) is 0 Å². The van der Waals surface area contributed by atoms with E-state index < -0.39 is 0 Å². The lowest BCUT2D eigenvalue weighted by molar-refractivity contribution is 0.414. The quantitative estimate of drug-likeness (QED) is 0.194. The topological polar surface area (TPSA) is 54.1 Å². The van der Waals surface area contributed by atoms with Crippen molar-refractivity contribution in [2.45, 2.75) is 26.7 Å². The Balaban J connectivity index is 1.25. The summed E-state index contributed by atoms with van der Waals surface area (Å²) in [5.41, 5.74) is 7.95. The van der Waals surface area contributed by atoms with Crippen LogP contribution in [0.4, 0.5) is 0 Å². The first-order valence-corrected chi connectivity index (χ1v) is 14.5. The van der Waals surface area contributed by atoms with Crippen molar-refractivity contribution in [3.05, 3.63) is 127 Å². The Bertz CT molecular complexity index is 2100. The zero-order valence-electron chi connectivity index (χ0n) is 24.7. The molecule has 0 aliphatic rings. The Labute approximate surface area is 250 Å². The van der Waals surface area contributed by atoms with Crippen molar-refractivity contribution in [1.82, 2.24) is 19.3 Å². The molecule has 6 nitrogen and oxygen atoms in total. The number of rotatable bonds is 7. The molecule has 0 bridgehead atoms. The summed E-state index contributed by atoms with van der Waals surface area (Å²) in [6.45, 7) is 6.62. The molecule has 6 heteroatoms. The van der Waals surface area contributed by atoms with Crippen molar-refractivity contribution in [1.29, 1.82) is 0 Å². The summed E-state index contributed by atoms with van der Waals surface area (Å²) in [6.07, 6.45) is 5.81. The van der Waals surface area contributed by atoms with Crippen LogP contribution in [0.15, 0.2) is 116 Å². The number of aromatic nitrogens is 4. The first-order valence-electron chi connectivity index (χ1n) is 14.5. The fraction of sp³-hybridized carbons (Fsp3) is 0.135. The van der Waals surface area contributed by atoms with Gasteiger partial charge in [-0.3, -0.25) is 4.57 Å². The fourth-order valence-corrected chi connectivity index (χ4v) is 5.89. The molecule has 0 saturated carbocycles. The van der Waals surface area contributed by atoms with Gasteiger partial charge in [0.2, 0.25) is 0 Å². The highest BCUT2D eigenvalue weighted by Crippen LogP contribution is 2.36. The van der Waals surface area contributed by atoms with Gasteiger partial charge in [0.1, 0.15) is 23.1 Å². The smallest absolute Gasteiger partial charge is 0.141 e. The highest BCUT2D eigenvalue weighted by molar-refractivity contribution is 6.09. The number of nitrogens with zero attached hydrogens (tertiary/aromatic N) is 4. The van der Waals surface area contributed by atoms with Crippen LogP contribution in [0.2, 0.25) is 0 Å². The number of ether oxygens (including phenoxy) is 2. The Morgan fingerprint density at radius 3 is 2.42 bits per heavy atom. The molecule has 0 fully saturated rings. The van der Waals surface area contributed by atoms with Crippen molar-refractivity contribution in [2.75, 3.05) is 7.11 Å². The molecule has 0 aliphatic carbocycles. The first-order chi connectivity index (χ1) is 21.0. The average molecular weight is 565 g/mol. The predicted molar refractivity (Wildman–Crippen MR) is 173 cm³/mol. The summed E-state index contributed by atoms with van der Waals surface area (Å²) in [4.78, 5) is 4.67. The van der Waals surface area contributed by atoms with Gasteiger partial charge in [-0.2, -0.15) is 5.10 Å². The van der Waals surface area contributed by atoms with Crippen LogP contribution in [-0.4, -0.2) is 26.4 Å². The zero-order chi connectivity index (χ0) is 29.5. The predicted octanol–water partition coefficient (Wildman–Crippen LogP) is 9.26. The van der Waals surface area contributed by atoms with E-state index in [4.69, 9.17) is 14.6 Å². The molecule has 0 saturated heterocycles. The van der Waals surface area contributed by atoms with Crippen LogP contribution in [0.25, 0.3) is 44.4 Å². The fourth-order valence-electron chi connectivity index (χ4n) is 5.89. The Kier molecular flexibility index (Phi) is 6.67. The maximum absolute atomic E-state index is 6.44. The van der Waals surface area contributed by atoms with Crippen LogP contribution in [0, 0.1) is 6.92 Å². The van der Waals surface area contributed by atoms with E-state index in [9.17, 15) is 0 Å². The molecule has 0 unspecified atom stereocenters. The lowest BCUT2D eigenvalue weighted by atomic mass is 9.91. The molecule has 0 N–H and O–H groups in total. The van der Waals surface area contributed by atoms with Crippen molar-refractivity contribution < 1.29 is 9.47 Å². The van der Waals surface area contributed by atoms with Gasteiger partial charge in [-0.15, -0.1) is 0 Å². The normalized spacial score (nSPS) is 11.5. The summed E-state index contributed by atoms with van der Waals surface area (Å²) in [7, 11) is 1.67. The second-order valence-corrected chi connectivity index (χ2v) is 11.1. The summed E-state index contributed by atoms with van der Waals surface area (Å²) in [6, 6.07) is 32.9. The van der Waals surface area contributed by atoms with Crippen LogP contribution in [0.3, 0.4) is 0 Å². The van der Waals surface area contributed by atoms with E-state index in [0.717, 1.165) is 56.1 Å². The molecule has 3 aromatic heterocycles. The minimum absolute atomic E-state index is 0.422. The van der Waals surface area contributed by atoms with Crippen molar-refractivity contribution in [3.8, 4) is 39.9 Å². The Morgan fingerprint density at radius 2 is 1.56 bits per heavy atom. The van der Waals surface area contributed by atoms with Crippen molar-refractivity contribution in [2.24, 2.45) is 0 Å². The minimum atomic E-state index is 0.422. The lowest BCUT2D eigenvalue weighted by Gasteiger charge is -2.14. The number of para-hydroxylation sites is 1. The number of fused-ring (bicyclic) bond motifs is 3. The van der Waals surface area contributed by atoms with Gasteiger partial charge in [-0.05, 0) is 65.9 Å². The molecule has 0 amide bonds. The Morgan fingerprint density at radius 1 is 0.744 bits per heavy atom. The molecule has 7 rings (SSSR count). The van der Waals surface area contributed by atoms with Crippen LogP contribution in [-0.2, 0) is 0 Å². The molecular weight excluding hydrogens is 532 g/mol. The SMILES string of the molecule is COc1ccnc(-n2c3ccccc3c3ccc(Oc4cccc(-n5cc(-c6c(C)cccc6C(C)C)cn5)c4)cc32)c1. The number of benzene rings is 4. The number of hydrogen-bond donors (Lipinski definition) is 0. The van der Waals surface area contributed by atoms with E-state index >= 15 is 0 Å². The van der Waals surface area contributed by atoms with Crippen LogP contribution in [0.1, 0.15) is 30.9 Å². The van der Waals surface area contributed by atoms with Crippen molar-refractivity contribution in [3.63, 3.8) is 0 Å². The summed E-state index contributed by atoms with van der Waals surface area (Å²) < 4.78 is 16.0. The molecule has 3 heterocycles. The highest BCUT2D eigenvalue weighted by Gasteiger charge is 2.16. The minimum Gasteiger partial charge on any atom is -0.497 e. The van der Waals surface area contributed by atoms with Gasteiger partial charge >= 0.3 is 0 Å². The lowest BCUT2D eigenvalue weighted by Crippen LogP contribution is -1.98. The second kappa shape index (κ2) is 10.8. The Hall–Kier alpha value is -5.36. The van der Waals surface area contributed by atoms with Gasteiger partial charge in [0, 0.05) is 46.9 Å². The van der Waals surface area contributed by atoms with Crippen LogP contribution < -0.4 is 9.47 Å². The number of aryl methyl sites for hydroxylation is 1. The molecule has 43 heavy (non-hydrogen) atoms. The van der Waals surface area contributed by atoms with Crippen LogP contribution >= 0.6 is 0 Å². The third-order valence-electron chi connectivity index (χ3n) is 7.94. The summed E-state index contributed by atoms with van der Waals surface area (Å²) in [5.74, 6) is 3.43. The van der Waals surface area contributed by atoms with Crippen LogP contribution in [0.5, 0.6) is 17.2 Å². The first kappa shape index (κ1) is 26.5. The third kappa shape index (κ3) is 4.81. The maximum atomic E-state index is 6.44. The van der Waals surface area contributed by atoms with E-state index in [1.54, 1.807) is 13.3 Å². The molecule has 7 aromatic rings. The molecule has 0 aliphatic heterocycles. The van der Waals surface area contributed by atoms with E-state index in [1.807, 2.05) is 59.4 Å². The maximum Gasteiger partial charge on any atom is 0.141 e. The third-order valence-corrected chi connectivity index (χ3v) is 7.94. The van der Waals surface area contributed by atoms with Gasteiger partial charge in [-0.25, -0.2) is 9.67 Å². The number of hydrogen-bond acceptors (Lipinski definition) is 4. The molecular formula is C37H32N4O2. The van der Waals surface area contributed by atoms with E-state index in [-0.39, 0.29) is 0 Å². The second-order valence-electron chi connectivity index (χ2n) is 11.1. The highest BCUT2D eigenvalue weighted by atomic mass is 16.5. The number of pyridine rings is 1. The van der Waals surface area contributed by atoms with E-state index in [2.05, 4.69) is 85.1 Å². The zero-order valence-corrected chi connectivity index (χ0v) is 24.7. The molecule has 0 spiro atoms. The number of methoxy groups -OCH3 is 1. The van der Waals surface area contributed by atoms with Gasteiger partial charge in [0.15, 0.2) is 0 Å². The molecule has 0 radical (unpaired) electrons. The van der Waals surface area contributed by atoms with E-state index in [1.165, 1.54) is 16.7 Å². The van der Waals surface area contributed by atoms with Gasteiger partial charge in [-0.1, -0.05) is 56.3 Å². The molecule has 212 valence electrons. The average Bonchev–Trinajstić information content (AvgIpc) is 3.64.